The first-order valence-corrected chi connectivity index (χ1v) is 4.41. The molecule has 0 radical (unpaired) electrons. The van der Waals surface area contributed by atoms with Crippen LogP contribution in [-0.2, 0) is 0 Å². The largest absolute Gasteiger partial charge is 0.330 e. The fourth-order valence-corrected chi connectivity index (χ4v) is 1.06. The molecule has 0 rings (SSSR count). The number of thiol groups is 1. The van der Waals surface area contributed by atoms with Gasteiger partial charge in [-0.3, -0.25) is 0 Å². The summed E-state index contributed by atoms with van der Waals surface area (Å²) in [5.41, 5.74) is 5.36. The summed E-state index contributed by atoms with van der Waals surface area (Å²) in [6.45, 7) is 4.96. The Bertz CT molecular complexity index is 68.6. The standard InChI is InChI=1S/C7H18N2S/c1-2-9-6-4-7(10)3-5-8/h7,9-10H,2-6,8H2,1H3. The number of hydrogen-bond donors (Lipinski definition) is 3. The highest BCUT2D eigenvalue weighted by molar-refractivity contribution is 7.80. The molecule has 0 aliphatic rings. The lowest BCUT2D eigenvalue weighted by atomic mass is 10.2. The molecule has 0 saturated heterocycles. The van der Waals surface area contributed by atoms with Crippen molar-refractivity contribution in [3.05, 3.63) is 0 Å². The van der Waals surface area contributed by atoms with E-state index in [1.807, 2.05) is 0 Å². The van der Waals surface area contributed by atoms with Gasteiger partial charge in [-0.2, -0.15) is 12.6 Å². The molecule has 0 aromatic rings. The van der Waals surface area contributed by atoms with E-state index in [0.29, 0.717) is 5.25 Å². The average molecular weight is 162 g/mol. The Morgan fingerprint density at radius 3 is 2.70 bits per heavy atom. The fraction of sp³-hybridized carbons (Fsp3) is 1.00. The van der Waals surface area contributed by atoms with Gasteiger partial charge in [0.2, 0.25) is 0 Å². The maximum Gasteiger partial charge on any atom is 0.00408 e. The molecule has 2 nitrogen and oxygen atoms in total. The second-order valence-corrected chi connectivity index (χ2v) is 3.10. The number of nitrogens with one attached hydrogen (secondary N) is 1. The van der Waals surface area contributed by atoms with Crippen LogP contribution in [-0.4, -0.2) is 24.9 Å². The van der Waals surface area contributed by atoms with E-state index in [-0.39, 0.29) is 0 Å². The van der Waals surface area contributed by atoms with Crippen LogP contribution in [0.4, 0.5) is 0 Å². The lowest BCUT2D eigenvalue weighted by Crippen LogP contribution is -2.19. The summed E-state index contributed by atoms with van der Waals surface area (Å²) in [5.74, 6) is 0. The van der Waals surface area contributed by atoms with Crippen LogP contribution in [0.1, 0.15) is 19.8 Å². The smallest absolute Gasteiger partial charge is 0.00408 e. The van der Waals surface area contributed by atoms with Gasteiger partial charge in [-0.25, -0.2) is 0 Å². The lowest BCUT2D eigenvalue weighted by Gasteiger charge is -2.08. The Labute approximate surface area is 69.0 Å². The molecular weight excluding hydrogens is 144 g/mol. The summed E-state index contributed by atoms with van der Waals surface area (Å²) in [7, 11) is 0. The van der Waals surface area contributed by atoms with E-state index < -0.39 is 0 Å². The molecule has 0 aliphatic heterocycles. The zero-order valence-corrected chi connectivity index (χ0v) is 7.53. The van der Waals surface area contributed by atoms with Crippen molar-refractivity contribution >= 4 is 12.6 Å². The van der Waals surface area contributed by atoms with E-state index in [1.165, 1.54) is 0 Å². The van der Waals surface area contributed by atoms with Gasteiger partial charge in [0.15, 0.2) is 0 Å². The fourth-order valence-electron chi connectivity index (χ4n) is 0.782. The molecule has 1 unspecified atom stereocenters. The van der Waals surface area contributed by atoms with E-state index in [1.54, 1.807) is 0 Å². The molecule has 0 heterocycles. The minimum absolute atomic E-state index is 0.476. The topological polar surface area (TPSA) is 38.0 Å². The monoisotopic (exact) mass is 162 g/mol. The third-order valence-electron chi connectivity index (χ3n) is 1.40. The van der Waals surface area contributed by atoms with E-state index >= 15 is 0 Å². The molecule has 0 bridgehead atoms. The summed E-state index contributed by atoms with van der Waals surface area (Å²) in [5, 5.41) is 3.72. The van der Waals surface area contributed by atoms with Gasteiger partial charge in [-0.1, -0.05) is 6.92 Å². The first kappa shape index (κ1) is 10.3. The van der Waals surface area contributed by atoms with Gasteiger partial charge < -0.3 is 11.1 Å². The Morgan fingerprint density at radius 1 is 1.50 bits per heavy atom. The van der Waals surface area contributed by atoms with Crippen LogP contribution >= 0.6 is 12.6 Å². The molecule has 62 valence electrons. The van der Waals surface area contributed by atoms with Gasteiger partial charge in [0.25, 0.3) is 0 Å². The second-order valence-electron chi connectivity index (χ2n) is 2.37. The third kappa shape index (κ3) is 6.39. The molecule has 0 aliphatic carbocycles. The zero-order chi connectivity index (χ0) is 7.82. The van der Waals surface area contributed by atoms with E-state index in [2.05, 4.69) is 24.9 Å². The first-order chi connectivity index (χ1) is 4.81. The predicted octanol–water partition coefficient (Wildman–Crippen LogP) is 0.633. The summed E-state index contributed by atoms with van der Waals surface area (Å²) in [6.07, 6.45) is 2.14. The summed E-state index contributed by atoms with van der Waals surface area (Å²) < 4.78 is 0. The Morgan fingerprint density at radius 2 is 2.20 bits per heavy atom. The van der Waals surface area contributed by atoms with E-state index in [0.717, 1.165) is 32.5 Å². The van der Waals surface area contributed by atoms with Gasteiger partial charge in [0.05, 0.1) is 0 Å². The maximum atomic E-state index is 5.36. The van der Waals surface area contributed by atoms with Crippen molar-refractivity contribution in [2.45, 2.75) is 25.0 Å². The highest BCUT2D eigenvalue weighted by atomic mass is 32.1. The van der Waals surface area contributed by atoms with Crippen LogP contribution in [0.25, 0.3) is 0 Å². The van der Waals surface area contributed by atoms with Gasteiger partial charge in [0.1, 0.15) is 0 Å². The van der Waals surface area contributed by atoms with Crippen LogP contribution < -0.4 is 11.1 Å². The summed E-state index contributed by atoms with van der Waals surface area (Å²) >= 11 is 4.36. The first-order valence-electron chi connectivity index (χ1n) is 3.90. The second kappa shape index (κ2) is 7.38. The van der Waals surface area contributed by atoms with E-state index in [9.17, 15) is 0 Å². The number of rotatable bonds is 6. The van der Waals surface area contributed by atoms with Crippen molar-refractivity contribution in [3.63, 3.8) is 0 Å². The van der Waals surface area contributed by atoms with Crippen molar-refractivity contribution in [2.75, 3.05) is 19.6 Å². The third-order valence-corrected chi connectivity index (χ3v) is 1.92. The lowest BCUT2D eigenvalue weighted by molar-refractivity contribution is 0.634. The van der Waals surface area contributed by atoms with Crippen LogP contribution in [0.2, 0.25) is 0 Å². The normalized spacial score (nSPS) is 13.5. The average Bonchev–Trinajstić information content (AvgIpc) is 1.89. The molecular formula is C7H18N2S. The Hall–Kier alpha value is 0.270. The molecule has 3 N–H and O–H groups in total. The van der Waals surface area contributed by atoms with Gasteiger partial charge in [0, 0.05) is 5.25 Å². The van der Waals surface area contributed by atoms with Gasteiger partial charge >= 0.3 is 0 Å². The van der Waals surface area contributed by atoms with Crippen LogP contribution in [0.5, 0.6) is 0 Å². The molecule has 0 saturated carbocycles. The summed E-state index contributed by atoms with van der Waals surface area (Å²) in [4.78, 5) is 0. The molecule has 0 amide bonds. The van der Waals surface area contributed by atoms with Gasteiger partial charge in [-0.15, -0.1) is 0 Å². The SMILES string of the molecule is CCNCCC(S)CCN. The minimum atomic E-state index is 0.476. The summed E-state index contributed by atoms with van der Waals surface area (Å²) in [6, 6.07) is 0. The molecule has 0 aromatic heterocycles. The Balaban J connectivity index is 2.97. The highest BCUT2D eigenvalue weighted by Gasteiger charge is 1.99. The number of nitrogens with two attached hydrogens (primary N) is 1. The molecule has 0 fully saturated rings. The quantitative estimate of drug-likeness (QED) is 0.396. The van der Waals surface area contributed by atoms with Crippen molar-refractivity contribution < 1.29 is 0 Å². The van der Waals surface area contributed by atoms with Crippen LogP contribution in [0.3, 0.4) is 0 Å². The predicted molar refractivity (Wildman–Crippen MR) is 49.6 cm³/mol. The molecule has 10 heavy (non-hydrogen) atoms. The Kier molecular flexibility index (Phi) is 7.58. The molecule has 0 spiro atoms. The molecule has 0 aromatic carbocycles. The highest BCUT2D eigenvalue weighted by Crippen LogP contribution is 2.03. The van der Waals surface area contributed by atoms with Crippen molar-refractivity contribution in [1.29, 1.82) is 0 Å². The molecule has 1 atom stereocenters. The van der Waals surface area contributed by atoms with Crippen molar-refractivity contribution in [3.8, 4) is 0 Å². The van der Waals surface area contributed by atoms with Gasteiger partial charge in [-0.05, 0) is 32.5 Å². The molecule has 3 heteroatoms. The minimum Gasteiger partial charge on any atom is -0.330 e. The maximum absolute atomic E-state index is 5.36. The van der Waals surface area contributed by atoms with Crippen molar-refractivity contribution in [1.82, 2.24) is 5.32 Å². The number of hydrogen-bond acceptors (Lipinski definition) is 3. The zero-order valence-electron chi connectivity index (χ0n) is 6.64. The van der Waals surface area contributed by atoms with Crippen molar-refractivity contribution in [2.24, 2.45) is 5.73 Å². The van der Waals surface area contributed by atoms with Crippen LogP contribution in [0.15, 0.2) is 0 Å². The van der Waals surface area contributed by atoms with E-state index in [4.69, 9.17) is 5.73 Å². The van der Waals surface area contributed by atoms with Crippen LogP contribution in [0, 0.1) is 0 Å².